The van der Waals surface area contributed by atoms with E-state index in [2.05, 4.69) is 20.6 Å². The number of aryl methyl sites for hydroxylation is 2. The van der Waals surface area contributed by atoms with Gasteiger partial charge in [0.15, 0.2) is 0 Å². The fourth-order valence-corrected chi connectivity index (χ4v) is 2.21. The number of rotatable bonds is 5. The Bertz CT molecular complexity index is 987. The van der Waals surface area contributed by atoms with Gasteiger partial charge in [-0.05, 0) is 36.8 Å². The Morgan fingerprint density at radius 3 is 2.65 bits per heavy atom. The third-order valence-corrected chi connectivity index (χ3v) is 3.41. The zero-order chi connectivity index (χ0) is 18.7. The molecule has 0 aliphatic carbocycles. The van der Waals surface area contributed by atoms with Crippen molar-refractivity contribution in [1.29, 1.82) is 0 Å². The molecular weight excluding hydrogens is 340 g/mol. The van der Waals surface area contributed by atoms with Crippen LogP contribution in [0.25, 0.3) is 17.7 Å². The molecule has 0 unspecified atom stereocenters. The molecule has 0 atom stereocenters. The number of carbonyl (C=O) groups is 1. The first-order valence-corrected chi connectivity index (χ1v) is 7.50. The second kappa shape index (κ2) is 6.97. The quantitative estimate of drug-likeness (QED) is 0.423. The number of hydrogen-bond acceptors (Lipinski definition) is 7. The van der Waals surface area contributed by atoms with Gasteiger partial charge >= 0.3 is 6.01 Å². The average Bonchev–Trinajstić information content (AvgIpc) is 3.19. The molecule has 0 saturated carbocycles. The Morgan fingerprint density at radius 2 is 2.04 bits per heavy atom. The molecule has 0 bridgehead atoms. The molecule has 26 heavy (non-hydrogen) atoms. The number of nitro groups is 1. The van der Waals surface area contributed by atoms with Crippen molar-refractivity contribution in [2.24, 2.45) is 7.05 Å². The lowest BCUT2D eigenvalue weighted by Gasteiger charge is -1.96. The Labute approximate surface area is 147 Å². The molecule has 0 fully saturated rings. The lowest BCUT2D eigenvalue weighted by atomic mass is 10.2. The molecule has 0 saturated heterocycles. The van der Waals surface area contributed by atoms with Crippen LogP contribution in [0.3, 0.4) is 0 Å². The Kier molecular flexibility index (Phi) is 4.56. The molecule has 0 spiro atoms. The monoisotopic (exact) mass is 354 g/mol. The smallest absolute Gasteiger partial charge is 0.322 e. The minimum atomic E-state index is -0.489. The molecule has 1 aromatic carbocycles. The summed E-state index contributed by atoms with van der Waals surface area (Å²) in [7, 11) is 1.75. The van der Waals surface area contributed by atoms with Gasteiger partial charge in [-0.1, -0.05) is 5.10 Å². The normalized spacial score (nSPS) is 11.0. The van der Waals surface area contributed by atoms with Gasteiger partial charge in [0.25, 0.3) is 17.5 Å². The Morgan fingerprint density at radius 1 is 1.31 bits per heavy atom. The number of anilines is 1. The largest absolute Gasteiger partial charge is 0.401 e. The van der Waals surface area contributed by atoms with Crippen molar-refractivity contribution in [3.05, 3.63) is 57.8 Å². The number of amides is 1. The molecule has 2 heterocycles. The van der Waals surface area contributed by atoms with E-state index in [1.54, 1.807) is 17.8 Å². The number of non-ortho nitro benzene ring substituents is 1. The summed E-state index contributed by atoms with van der Waals surface area (Å²) in [5.74, 6) is -0.234. The van der Waals surface area contributed by atoms with Gasteiger partial charge in [0.05, 0.1) is 10.6 Å². The van der Waals surface area contributed by atoms with E-state index in [0.717, 1.165) is 5.69 Å². The van der Waals surface area contributed by atoms with E-state index in [4.69, 9.17) is 4.42 Å². The topological polar surface area (TPSA) is 129 Å². The van der Waals surface area contributed by atoms with E-state index in [1.165, 1.54) is 36.4 Å². The highest BCUT2D eigenvalue weighted by molar-refractivity contribution is 6.00. The number of nitrogens with zero attached hydrogens (tertiary/aromatic N) is 5. The molecule has 132 valence electrons. The minimum Gasteiger partial charge on any atom is -0.401 e. The first-order chi connectivity index (χ1) is 12.4. The van der Waals surface area contributed by atoms with Crippen LogP contribution in [-0.2, 0) is 11.8 Å². The van der Waals surface area contributed by atoms with Crippen LogP contribution in [0.5, 0.6) is 0 Å². The van der Waals surface area contributed by atoms with E-state index in [9.17, 15) is 14.9 Å². The molecule has 0 radical (unpaired) electrons. The standard InChI is InChI=1S/C16H14N6O4/c1-10-9-13(21(2)20-10)15-18-19-16(26-15)17-14(23)8-5-11-3-6-12(7-4-11)22(24)25/h3-9H,1-2H3,(H,17,19,23)/b8-5-. The Hall–Kier alpha value is -3.82. The molecule has 0 aliphatic heterocycles. The van der Waals surface area contributed by atoms with E-state index in [-0.39, 0.29) is 17.6 Å². The van der Waals surface area contributed by atoms with Gasteiger partial charge in [0.1, 0.15) is 5.69 Å². The predicted octanol–water partition coefficient (Wildman–Crippen LogP) is 2.34. The highest BCUT2D eigenvalue weighted by Gasteiger charge is 2.14. The molecule has 2 aromatic heterocycles. The maximum atomic E-state index is 11.9. The molecule has 3 rings (SSSR count). The van der Waals surface area contributed by atoms with Crippen LogP contribution < -0.4 is 5.32 Å². The lowest BCUT2D eigenvalue weighted by Crippen LogP contribution is -2.07. The van der Waals surface area contributed by atoms with Crippen LogP contribution in [0.4, 0.5) is 11.7 Å². The Balaban J connectivity index is 1.65. The van der Waals surface area contributed by atoms with Gasteiger partial charge in [-0.3, -0.25) is 24.9 Å². The lowest BCUT2D eigenvalue weighted by molar-refractivity contribution is -0.384. The van der Waals surface area contributed by atoms with Crippen molar-refractivity contribution in [3.8, 4) is 11.6 Å². The maximum absolute atomic E-state index is 11.9. The van der Waals surface area contributed by atoms with Crippen LogP contribution in [-0.4, -0.2) is 30.8 Å². The van der Waals surface area contributed by atoms with E-state index in [0.29, 0.717) is 11.3 Å². The van der Waals surface area contributed by atoms with Crippen molar-refractivity contribution >= 4 is 23.7 Å². The van der Waals surface area contributed by atoms with Crippen molar-refractivity contribution in [2.45, 2.75) is 6.92 Å². The van der Waals surface area contributed by atoms with Crippen molar-refractivity contribution in [2.75, 3.05) is 5.32 Å². The SMILES string of the molecule is Cc1cc(-c2nnc(NC(=O)/C=C\c3ccc([N+](=O)[O-])cc3)o2)n(C)n1. The van der Waals surface area contributed by atoms with Crippen molar-refractivity contribution in [3.63, 3.8) is 0 Å². The van der Waals surface area contributed by atoms with Crippen LogP contribution in [0, 0.1) is 17.0 Å². The molecule has 10 nitrogen and oxygen atoms in total. The number of hydrogen-bond donors (Lipinski definition) is 1. The average molecular weight is 354 g/mol. The fourth-order valence-electron chi connectivity index (χ4n) is 2.21. The van der Waals surface area contributed by atoms with Gasteiger partial charge < -0.3 is 4.42 Å². The minimum absolute atomic E-state index is 0.0182. The van der Waals surface area contributed by atoms with E-state index >= 15 is 0 Å². The van der Waals surface area contributed by atoms with E-state index < -0.39 is 10.8 Å². The zero-order valence-corrected chi connectivity index (χ0v) is 13.9. The molecule has 0 aliphatic rings. The second-order valence-electron chi connectivity index (χ2n) is 5.38. The van der Waals surface area contributed by atoms with Gasteiger partial charge in [0, 0.05) is 25.3 Å². The maximum Gasteiger partial charge on any atom is 0.322 e. The van der Waals surface area contributed by atoms with Crippen molar-refractivity contribution < 1.29 is 14.1 Å². The van der Waals surface area contributed by atoms with Crippen LogP contribution in [0.15, 0.2) is 40.8 Å². The van der Waals surface area contributed by atoms with Crippen molar-refractivity contribution in [1.82, 2.24) is 20.0 Å². The van der Waals surface area contributed by atoms with Gasteiger partial charge in [-0.2, -0.15) is 5.10 Å². The number of carbonyl (C=O) groups excluding carboxylic acids is 1. The second-order valence-corrected chi connectivity index (χ2v) is 5.38. The van der Waals surface area contributed by atoms with Gasteiger partial charge in [-0.15, -0.1) is 5.10 Å². The predicted molar refractivity (Wildman–Crippen MR) is 92.0 cm³/mol. The molecule has 10 heteroatoms. The highest BCUT2D eigenvalue weighted by Crippen LogP contribution is 2.20. The van der Waals surface area contributed by atoms with Gasteiger partial charge in [0.2, 0.25) is 0 Å². The summed E-state index contributed by atoms with van der Waals surface area (Å²) in [6.07, 6.45) is 2.78. The highest BCUT2D eigenvalue weighted by atomic mass is 16.6. The number of aromatic nitrogens is 4. The number of benzene rings is 1. The summed E-state index contributed by atoms with van der Waals surface area (Å²) in [6, 6.07) is 7.54. The summed E-state index contributed by atoms with van der Waals surface area (Å²) in [6.45, 7) is 1.84. The summed E-state index contributed by atoms with van der Waals surface area (Å²) < 4.78 is 7.00. The first-order valence-electron chi connectivity index (χ1n) is 7.50. The van der Waals surface area contributed by atoms with Gasteiger partial charge in [-0.25, -0.2) is 0 Å². The van der Waals surface area contributed by atoms with Crippen LogP contribution in [0.1, 0.15) is 11.3 Å². The molecule has 3 aromatic rings. The van der Waals surface area contributed by atoms with Crippen LogP contribution >= 0.6 is 0 Å². The molecule has 1 N–H and O–H groups in total. The molecular formula is C16H14N6O4. The summed E-state index contributed by atoms with van der Waals surface area (Å²) >= 11 is 0. The number of nitrogens with one attached hydrogen (secondary N) is 1. The number of nitro benzene ring substituents is 1. The van der Waals surface area contributed by atoms with Crippen LogP contribution in [0.2, 0.25) is 0 Å². The van der Waals surface area contributed by atoms with E-state index in [1.807, 2.05) is 6.92 Å². The first kappa shape index (κ1) is 17.0. The summed E-state index contributed by atoms with van der Waals surface area (Å²) in [5.41, 5.74) is 2.06. The summed E-state index contributed by atoms with van der Waals surface area (Å²) in [5, 5.41) is 24.9. The fraction of sp³-hybridized carbons (Fsp3) is 0.125. The summed E-state index contributed by atoms with van der Waals surface area (Å²) in [4.78, 5) is 22.0. The molecule has 1 amide bonds. The zero-order valence-electron chi connectivity index (χ0n) is 13.9. The third-order valence-electron chi connectivity index (χ3n) is 3.41. The third kappa shape index (κ3) is 3.80.